The van der Waals surface area contributed by atoms with Crippen molar-refractivity contribution in [3.8, 4) is 0 Å². The van der Waals surface area contributed by atoms with Crippen molar-refractivity contribution >= 4 is 10.2 Å². The van der Waals surface area contributed by atoms with Crippen LogP contribution < -0.4 is 4.72 Å². The second-order valence-corrected chi connectivity index (χ2v) is 8.19. The number of nitrogens with zero attached hydrogens (tertiary/aromatic N) is 2. The van der Waals surface area contributed by atoms with Crippen LogP contribution >= 0.6 is 0 Å². The average molecular weight is 303 g/mol. The van der Waals surface area contributed by atoms with Gasteiger partial charge in [-0.1, -0.05) is 13.3 Å². The standard InChI is InChI=1S/C14H29N3O2S/c1-13-7-6-10-17(11-13)20(18,19)15-14(2)12-16-8-4-3-5-9-16/h13-15H,3-12H2,1-2H3/t13-,14-/m0/s1. The fourth-order valence-corrected chi connectivity index (χ4v) is 4.81. The van der Waals surface area contributed by atoms with E-state index in [0.717, 1.165) is 32.5 Å². The molecule has 0 radical (unpaired) electrons. The van der Waals surface area contributed by atoms with Gasteiger partial charge in [0, 0.05) is 25.7 Å². The van der Waals surface area contributed by atoms with Crippen molar-refractivity contribution in [1.29, 1.82) is 0 Å². The highest BCUT2D eigenvalue weighted by atomic mass is 32.2. The van der Waals surface area contributed by atoms with E-state index in [4.69, 9.17) is 0 Å². The van der Waals surface area contributed by atoms with Crippen LogP contribution in [0.15, 0.2) is 0 Å². The molecule has 2 saturated heterocycles. The van der Waals surface area contributed by atoms with E-state index in [0.29, 0.717) is 19.0 Å². The molecule has 20 heavy (non-hydrogen) atoms. The van der Waals surface area contributed by atoms with Gasteiger partial charge >= 0.3 is 0 Å². The van der Waals surface area contributed by atoms with Crippen LogP contribution in [0.5, 0.6) is 0 Å². The Hall–Kier alpha value is -0.170. The van der Waals surface area contributed by atoms with Crippen molar-refractivity contribution in [2.24, 2.45) is 5.92 Å². The Bertz CT molecular complexity index is 393. The smallest absolute Gasteiger partial charge is 0.279 e. The summed E-state index contributed by atoms with van der Waals surface area (Å²) in [5, 5.41) is 0. The molecule has 0 aromatic heterocycles. The molecule has 2 aliphatic heterocycles. The fraction of sp³-hybridized carbons (Fsp3) is 1.00. The molecule has 1 N–H and O–H groups in total. The summed E-state index contributed by atoms with van der Waals surface area (Å²) in [4.78, 5) is 2.37. The Kier molecular flexibility index (Phi) is 5.84. The van der Waals surface area contributed by atoms with Crippen LogP contribution in [0.25, 0.3) is 0 Å². The summed E-state index contributed by atoms with van der Waals surface area (Å²) in [5.74, 6) is 0.470. The van der Waals surface area contributed by atoms with E-state index in [2.05, 4.69) is 16.5 Å². The van der Waals surface area contributed by atoms with Crippen molar-refractivity contribution in [3.05, 3.63) is 0 Å². The number of likely N-dealkylation sites (tertiary alicyclic amines) is 1. The normalized spacial score (nSPS) is 28.4. The monoisotopic (exact) mass is 303 g/mol. The summed E-state index contributed by atoms with van der Waals surface area (Å²) < 4.78 is 29.2. The van der Waals surface area contributed by atoms with Crippen LogP contribution in [-0.2, 0) is 10.2 Å². The lowest BCUT2D eigenvalue weighted by Crippen LogP contribution is -2.51. The molecule has 0 bridgehead atoms. The molecular weight excluding hydrogens is 274 g/mol. The van der Waals surface area contributed by atoms with E-state index >= 15 is 0 Å². The van der Waals surface area contributed by atoms with Gasteiger partial charge in [0.2, 0.25) is 0 Å². The van der Waals surface area contributed by atoms with E-state index in [9.17, 15) is 8.42 Å². The van der Waals surface area contributed by atoms with Crippen molar-refractivity contribution in [3.63, 3.8) is 0 Å². The molecule has 2 rings (SSSR count). The van der Waals surface area contributed by atoms with Crippen molar-refractivity contribution in [2.45, 2.75) is 52.0 Å². The summed E-state index contributed by atoms with van der Waals surface area (Å²) in [6, 6.07) is -0.0182. The second kappa shape index (κ2) is 7.20. The Morgan fingerprint density at radius 3 is 2.50 bits per heavy atom. The molecule has 5 nitrogen and oxygen atoms in total. The first-order valence-electron chi connectivity index (χ1n) is 7.97. The summed E-state index contributed by atoms with van der Waals surface area (Å²) in [6.07, 6.45) is 5.90. The minimum absolute atomic E-state index is 0.0182. The predicted molar refractivity (Wildman–Crippen MR) is 81.8 cm³/mol. The average Bonchev–Trinajstić information content (AvgIpc) is 2.39. The van der Waals surface area contributed by atoms with Crippen LogP contribution in [0.1, 0.15) is 46.0 Å². The molecule has 0 amide bonds. The molecule has 6 heteroatoms. The molecule has 0 unspecified atom stereocenters. The number of piperidine rings is 2. The highest BCUT2D eigenvalue weighted by molar-refractivity contribution is 7.87. The number of hydrogen-bond acceptors (Lipinski definition) is 3. The van der Waals surface area contributed by atoms with Crippen molar-refractivity contribution in [2.75, 3.05) is 32.7 Å². The third-order valence-electron chi connectivity index (χ3n) is 4.29. The highest BCUT2D eigenvalue weighted by Crippen LogP contribution is 2.18. The van der Waals surface area contributed by atoms with Gasteiger partial charge < -0.3 is 4.90 Å². The van der Waals surface area contributed by atoms with Crippen LogP contribution in [-0.4, -0.2) is 56.4 Å². The lowest BCUT2D eigenvalue weighted by atomic mass is 10.0. The minimum Gasteiger partial charge on any atom is -0.302 e. The van der Waals surface area contributed by atoms with E-state index in [1.807, 2.05) is 6.92 Å². The third-order valence-corrected chi connectivity index (χ3v) is 6.00. The quantitative estimate of drug-likeness (QED) is 0.836. The lowest BCUT2D eigenvalue weighted by molar-refractivity contribution is 0.213. The first kappa shape index (κ1) is 16.2. The lowest BCUT2D eigenvalue weighted by Gasteiger charge is -2.33. The predicted octanol–water partition coefficient (Wildman–Crippen LogP) is 1.43. The molecule has 0 saturated carbocycles. The Balaban J connectivity index is 1.83. The summed E-state index contributed by atoms with van der Waals surface area (Å²) in [7, 11) is -3.31. The van der Waals surface area contributed by atoms with Gasteiger partial charge in [0.15, 0.2) is 0 Å². The van der Waals surface area contributed by atoms with Gasteiger partial charge in [0.05, 0.1) is 0 Å². The Morgan fingerprint density at radius 2 is 1.85 bits per heavy atom. The molecule has 2 fully saturated rings. The number of rotatable bonds is 5. The molecule has 0 aromatic rings. The zero-order valence-corrected chi connectivity index (χ0v) is 13.7. The molecule has 2 aliphatic rings. The van der Waals surface area contributed by atoms with Crippen LogP contribution in [0.3, 0.4) is 0 Å². The van der Waals surface area contributed by atoms with Crippen LogP contribution in [0.2, 0.25) is 0 Å². The molecule has 118 valence electrons. The highest BCUT2D eigenvalue weighted by Gasteiger charge is 2.28. The maximum Gasteiger partial charge on any atom is 0.279 e. The van der Waals surface area contributed by atoms with Gasteiger partial charge in [-0.2, -0.15) is 17.4 Å². The molecular formula is C14H29N3O2S. The first-order valence-corrected chi connectivity index (χ1v) is 9.41. The van der Waals surface area contributed by atoms with E-state index in [1.165, 1.54) is 19.3 Å². The fourth-order valence-electron chi connectivity index (χ4n) is 3.26. The van der Waals surface area contributed by atoms with Crippen molar-refractivity contribution in [1.82, 2.24) is 13.9 Å². The van der Waals surface area contributed by atoms with Gasteiger partial charge in [-0.3, -0.25) is 0 Å². The summed E-state index contributed by atoms with van der Waals surface area (Å²) in [5.41, 5.74) is 0. The van der Waals surface area contributed by atoms with Gasteiger partial charge in [-0.25, -0.2) is 0 Å². The van der Waals surface area contributed by atoms with Crippen LogP contribution in [0, 0.1) is 5.92 Å². The summed E-state index contributed by atoms with van der Waals surface area (Å²) in [6.45, 7) is 8.45. The first-order chi connectivity index (χ1) is 9.47. The molecule has 0 aromatic carbocycles. The van der Waals surface area contributed by atoms with Gasteiger partial charge in [0.1, 0.15) is 0 Å². The Labute approximate surface area is 123 Å². The molecule has 2 atom stereocenters. The maximum absolute atomic E-state index is 12.4. The Morgan fingerprint density at radius 1 is 1.15 bits per heavy atom. The van der Waals surface area contributed by atoms with Gasteiger partial charge in [-0.15, -0.1) is 0 Å². The third kappa shape index (κ3) is 4.69. The second-order valence-electron chi connectivity index (χ2n) is 6.49. The molecule has 0 spiro atoms. The van der Waals surface area contributed by atoms with Gasteiger partial charge in [0.25, 0.3) is 10.2 Å². The molecule has 0 aliphatic carbocycles. The SMILES string of the molecule is C[C@H]1CCCN(S(=O)(=O)N[C@@H](C)CN2CCCCC2)C1. The minimum atomic E-state index is -3.31. The van der Waals surface area contributed by atoms with E-state index < -0.39 is 10.2 Å². The zero-order valence-electron chi connectivity index (χ0n) is 12.8. The largest absolute Gasteiger partial charge is 0.302 e. The van der Waals surface area contributed by atoms with Crippen LogP contribution in [0.4, 0.5) is 0 Å². The number of nitrogens with one attached hydrogen (secondary N) is 1. The van der Waals surface area contributed by atoms with E-state index in [1.54, 1.807) is 4.31 Å². The van der Waals surface area contributed by atoms with Gasteiger partial charge in [-0.05, 0) is 51.6 Å². The number of hydrogen-bond donors (Lipinski definition) is 1. The summed E-state index contributed by atoms with van der Waals surface area (Å²) >= 11 is 0. The van der Waals surface area contributed by atoms with E-state index in [-0.39, 0.29) is 6.04 Å². The topological polar surface area (TPSA) is 52.7 Å². The zero-order chi connectivity index (χ0) is 14.6. The van der Waals surface area contributed by atoms with Crippen molar-refractivity contribution < 1.29 is 8.42 Å². The molecule has 2 heterocycles. The maximum atomic E-state index is 12.4.